The molecule has 0 bridgehead atoms. The van der Waals surface area contributed by atoms with Gasteiger partial charge in [0.15, 0.2) is 0 Å². The normalized spacial score (nSPS) is 18.4. The second-order valence-electron chi connectivity index (χ2n) is 5.59. The maximum Gasteiger partial charge on any atom is 0.122 e. The van der Waals surface area contributed by atoms with Crippen molar-refractivity contribution < 1.29 is 4.74 Å². The summed E-state index contributed by atoms with van der Waals surface area (Å²) in [6.45, 7) is 2.18. The lowest BCUT2D eigenvalue weighted by Gasteiger charge is -2.22. The van der Waals surface area contributed by atoms with Crippen LogP contribution in [0.3, 0.4) is 0 Å². The number of para-hydroxylation sites is 1. The molecular weight excluding hydrogens is 260 g/mol. The van der Waals surface area contributed by atoms with Crippen LogP contribution in [-0.4, -0.2) is 25.2 Å². The molecule has 3 rings (SSSR count). The average Bonchev–Trinajstić information content (AvgIpc) is 2.56. The van der Waals surface area contributed by atoms with Gasteiger partial charge in [-0.05, 0) is 37.6 Å². The second kappa shape index (κ2) is 6.72. The Balaban J connectivity index is 1.79. The van der Waals surface area contributed by atoms with Gasteiger partial charge in [-0.2, -0.15) is 0 Å². The summed E-state index contributed by atoms with van der Waals surface area (Å²) in [5.74, 6) is 1.49. The van der Waals surface area contributed by atoms with Crippen LogP contribution in [0, 0.1) is 0 Å². The lowest BCUT2D eigenvalue weighted by Crippen LogP contribution is -2.28. The van der Waals surface area contributed by atoms with Crippen LogP contribution in [0.25, 0.3) is 0 Å². The Labute approximate surface area is 126 Å². The van der Waals surface area contributed by atoms with Gasteiger partial charge in [0.2, 0.25) is 0 Å². The number of methoxy groups -OCH3 is 1. The molecule has 0 aliphatic carbocycles. The minimum absolute atomic E-state index is 0.552. The summed E-state index contributed by atoms with van der Waals surface area (Å²) in [5, 5.41) is 3.46. The molecule has 0 spiro atoms. The Morgan fingerprint density at radius 2 is 2.10 bits per heavy atom. The van der Waals surface area contributed by atoms with Crippen molar-refractivity contribution in [3.05, 3.63) is 59.4 Å². The van der Waals surface area contributed by atoms with Crippen LogP contribution in [0.5, 0.6) is 5.75 Å². The van der Waals surface area contributed by atoms with Gasteiger partial charge in [-0.15, -0.1) is 0 Å². The van der Waals surface area contributed by atoms with Gasteiger partial charge in [0.1, 0.15) is 5.75 Å². The van der Waals surface area contributed by atoms with Crippen molar-refractivity contribution in [3.63, 3.8) is 0 Å². The quantitative estimate of drug-likeness (QED) is 0.935. The first-order chi connectivity index (χ1) is 10.4. The Morgan fingerprint density at radius 1 is 1.19 bits per heavy atom. The van der Waals surface area contributed by atoms with Gasteiger partial charge in [0.05, 0.1) is 7.11 Å². The molecule has 0 amide bonds. The lowest BCUT2D eigenvalue weighted by molar-refractivity contribution is 0.410. The first-order valence-corrected chi connectivity index (χ1v) is 7.65. The van der Waals surface area contributed by atoms with E-state index in [2.05, 4.69) is 29.6 Å². The largest absolute Gasteiger partial charge is 0.496 e. The van der Waals surface area contributed by atoms with Crippen molar-refractivity contribution in [2.75, 3.05) is 20.2 Å². The molecule has 0 radical (unpaired) electrons. The number of nitrogens with zero attached hydrogens (tertiary/aromatic N) is 1. The fourth-order valence-corrected chi connectivity index (χ4v) is 2.97. The van der Waals surface area contributed by atoms with Crippen LogP contribution in [0.4, 0.5) is 0 Å². The third-order valence-electron chi connectivity index (χ3n) is 4.11. The van der Waals surface area contributed by atoms with Crippen molar-refractivity contribution in [2.45, 2.75) is 25.2 Å². The van der Waals surface area contributed by atoms with E-state index in [1.54, 1.807) is 7.11 Å². The number of piperidine rings is 1. The Bertz CT molecular complexity index is 591. The predicted molar refractivity (Wildman–Crippen MR) is 84.9 cm³/mol. The number of hydrogen-bond acceptors (Lipinski definition) is 3. The summed E-state index contributed by atoms with van der Waals surface area (Å²) in [6, 6.07) is 14.5. The van der Waals surface area contributed by atoms with E-state index in [4.69, 9.17) is 9.72 Å². The van der Waals surface area contributed by atoms with E-state index >= 15 is 0 Å². The van der Waals surface area contributed by atoms with Crippen molar-refractivity contribution in [3.8, 4) is 5.75 Å². The van der Waals surface area contributed by atoms with Crippen LogP contribution >= 0.6 is 0 Å². The topological polar surface area (TPSA) is 34.1 Å². The van der Waals surface area contributed by atoms with Crippen molar-refractivity contribution in [1.82, 2.24) is 10.3 Å². The number of pyridine rings is 1. The SMILES string of the molecule is COc1ccccc1Cc1cccc([C@@H]2CCCNC2)n1. The zero-order valence-electron chi connectivity index (χ0n) is 12.5. The van der Waals surface area contributed by atoms with E-state index < -0.39 is 0 Å². The fraction of sp³-hybridized carbons (Fsp3) is 0.389. The van der Waals surface area contributed by atoms with Gasteiger partial charge in [-0.1, -0.05) is 24.3 Å². The fourth-order valence-electron chi connectivity index (χ4n) is 2.97. The van der Waals surface area contributed by atoms with E-state index in [-0.39, 0.29) is 0 Å². The summed E-state index contributed by atoms with van der Waals surface area (Å²) in [6.07, 6.45) is 3.29. The summed E-state index contributed by atoms with van der Waals surface area (Å²) in [4.78, 5) is 4.87. The summed E-state index contributed by atoms with van der Waals surface area (Å²) >= 11 is 0. The molecule has 1 aromatic heterocycles. The van der Waals surface area contributed by atoms with E-state index in [9.17, 15) is 0 Å². The number of aromatic nitrogens is 1. The van der Waals surface area contributed by atoms with E-state index in [1.807, 2.05) is 18.2 Å². The third-order valence-corrected chi connectivity index (χ3v) is 4.11. The molecule has 2 heterocycles. The molecule has 3 nitrogen and oxygen atoms in total. The number of benzene rings is 1. The molecule has 2 aromatic rings. The Morgan fingerprint density at radius 3 is 2.90 bits per heavy atom. The number of ether oxygens (including phenoxy) is 1. The third kappa shape index (κ3) is 3.42. The smallest absolute Gasteiger partial charge is 0.122 e. The Kier molecular flexibility index (Phi) is 4.51. The standard InChI is InChI=1S/C18H22N2O/c1-21-18-10-3-2-6-14(18)12-16-8-4-9-17(20-16)15-7-5-11-19-13-15/h2-4,6,8-10,15,19H,5,7,11-13H2,1H3/t15-/m1/s1. The zero-order chi connectivity index (χ0) is 14.5. The molecule has 21 heavy (non-hydrogen) atoms. The van der Waals surface area contributed by atoms with Crippen molar-refractivity contribution >= 4 is 0 Å². The maximum atomic E-state index is 5.43. The molecule has 1 fully saturated rings. The van der Waals surface area contributed by atoms with Crippen LogP contribution in [0.1, 0.15) is 35.7 Å². The molecule has 1 aliphatic rings. The highest BCUT2D eigenvalue weighted by Crippen LogP contribution is 2.24. The summed E-state index contributed by atoms with van der Waals surface area (Å²) in [7, 11) is 1.72. The first-order valence-electron chi connectivity index (χ1n) is 7.65. The van der Waals surface area contributed by atoms with Crippen molar-refractivity contribution in [1.29, 1.82) is 0 Å². The highest BCUT2D eigenvalue weighted by Gasteiger charge is 2.16. The summed E-state index contributed by atoms with van der Waals surface area (Å²) in [5.41, 5.74) is 3.52. The van der Waals surface area contributed by atoms with E-state index in [0.29, 0.717) is 5.92 Å². The molecule has 3 heteroatoms. The molecular formula is C18H22N2O. The van der Waals surface area contributed by atoms with Gasteiger partial charge in [0.25, 0.3) is 0 Å². The number of nitrogens with one attached hydrogen (secondary N) is 1. The van der Waals surface area contributed by atoms with E-state index in [0.717, 1.165) is 31.0 Å². The van der Waals surface area contributed by atoms with Crippen LogP contribution in [0.15, 0.2) is 42.5 Å². The predicted octanol–water partition coefficient (Wildman–Crippen LogP) is 3.15. The maximum absolute atomic E-state index is 5.43. The number of hydrogen-bond donors (Lipinski definition) is 1. The minimum Gasteiger partial charge on any atom is -0.496 e. The molecule has 1 N–H and O–H groups in total. The van der Waals surface area contributed by atoms with Crippen LogP contribution in [-0.2, 0) is 6.42 Å². The van der Waals surface area contributed by atoms with Gasteiger partial charge in [-0.3, -0.25) is 4.98 Å². The highest BCUT2D eigenvalue weighted by molar-refractivity contribution is 5.36. The lowest BCUT2D eigenvalue weighted by atomic mass is 9.95. The zero-order valence-corrected chi connectivity index (χ0v) is 12.5. The van der Waals surface area contributed by atoms with Gasteiger partial charge < -0.3 is 10.1 Å². The molecule has 1 aromatic carbocycles. The molecule has 1 saturated heterocycles. The molecule has 1 atom stereocenters. The van der Waals surface area contributed by atoms with Gasteiger partial charge in [0, 0.05) is 35.8 Å². The van der Waals surface area contributed by atoms with Gasteiger partial charge in [-0.25, -0.2) is 0 Å². The molecule has 110 valence electrons. The second-order valence-corrected chi connectivity index (χ2v) is 5.59. The average molecular weight is 282 g/mol. The Hall–Kier alpha value is -1.87. The highest BCUT2D eigenvalue weighted by atomic mass is 16.5. The van der Waals surface area contributed by atoms with Crippen LogP contribution in [0.2, 0.25) is 0 Å². The number of rotatable bonds is 4. The van der Waals surface area contributed by atoms with Crippen LogP contribution < -0.4 is 10.1 Å². The minimum atomic E-state index is 0.552. The monoisotopic (exact) mass is 282 g/mol. The first kappa shape index (κ1) is 14.1. The molecule has 0 saturated carbocycles. The van der Waals surface area contributed by atoms with Gasteiger partial charge >= 0.3 is 0 Å². The van der Waals surface area contributed by atoms with E-state index in [1.165, 1.54) is 24.1 Å². The summed E-state index contributed by atoms with van der Waals surface area (Å²) < 4.78 is 5.43. The van der Waals surface area contributed by atoms with Crippen molar-refractivity contribution in [2.24, 2.45) is 0 Å². The molecule has 0 unspecified atom stereocenters. The molecule has 1 aliphatic heterocycles.